The van der Waals surface area contributed by atoms with Crippen molar-refractivity contribution in [3.8, 4) is 0 Å². The summed E-state index contributed by atoms with van der Waals surface area (Å²) in [5.74, 6) is 1.72. The summed E-state index contributed by atoms with van der Waals surface area (Å²) in [4.78, 5) is 2.08. The monoisotopic (exact) mass is 304 g/mol. The number of thiocarbonyl (C=S) groups is 1. The summed E-state index contributed by atoms with van der Waals surface area (Å²) in [6.45, 7) is 1.47. The Morgan fingerprint density at radius 1 is 1.24 bits per heavy atom. The van der Waals surface area contributed by atoms with Crippen LogP contribution in [0.2, 0.25) is 0 Å². The Morgan fingerprint density at radius 2 is 2.05 bits per heavy atom. The SMILES string of the molecule is OCCN(Cc1ccccc1)C(=S)NC1CC2CCC1C2. The maximum atomic E-state index is 9.30. The average Bonchev–Trinajstić information content (AvgIpc) is 3.10. The molecule has 2 fully saturated rings. The quantitative estimate of drug-likeness (QED) is 0.820. The van der Waals surface area contributed by atoms with E-state index in [0.717, 1.165) is 23.5 Å². The number of benzene rings is 1. The fourth-order valence-electron chi connectivity index (χ4n) is 3.85. The van der Waals surface area contributed by atoms with Crippen LogP contribution in [-0.4, -0.2) is 34.3 Å². The highest BCUT2D eigenvalue weighted by Gasteiger charge is 2.39. The van der Waals surface area contributed by atoms with Gasteiger partial charge in [-0.2, -0.15) is 0 Å². The second-order valence-electron chi connectivity index (χ2n) is 6.36. The highest BCUT2D eigenvalue weighted by Crippen LogP contribution is 2.44. The second kappa shape index (κ2) is 6.75. The molecule has 3 rings (SSSR count). The molecule has 0 amide bonds. The first-order valence-electron chi connectivity index (χ1n) is 7.96. The minimum Gasteiger partial charge on any atom is -0.395 e. The molecule has 2 bridgehead atoms. The molecular weight excluding hydrogens is 280 g/mol. The van der Waals surface area contributed by atoms with Gasteiger partial charge in [0.05, 0.1) is 6.61 Å². The van der Waals surface area contributed by atoms with Crippen LogP contribution in [0.1, 0.15) is 31.2 Å². The molecule has 2 aliphatic rings. The zero-order valence-electron chi connectivity index (χ0n) is 12.4. The molecule has 21 heavy (non-hydrogen) atoms. The Bertz CT molecular complexity index is 479. The summed E-state index contributed by atoms with van der Waals surface area (Å²) in [6.07, 6.45) is 5.39. The van der Waals surface area contributed by atoms with Crippen LogP contribution in [0.3, 0.4) is 0 Å². The summed E-state index contributed by atoms with van der Waals surface area (Å²) in [7, 11) is 0. The van der Waals surface area contributed by atoms with Gasteiger partial charge < -0.3 is 15.3 Å². The second-order valence-corrected chi connectivity index (χ2v) is 6.75. The lowest BCUT2D eigenvalue weighted by molar-refractivity contribution is 0.242. The van der Waals surface area contributed by atoms with E-state index in [1.54, 1.807) is 0 Å². The van der Waals surface area contributed by atoms with E-state index >= 15 is 0 Å². The molecule has 0 aromatic heterocycles. The van der Waals surface area contributed by atoms with Gasteiger partial charge in [0.15, 0.2) is 5.11 Å². The maximum absolute atomic E-state index is 9.30. The zero-order valence-corrected chi connectivity index (χ0v) is 13.2. The molecule has 2 N–H and O–H groups in total. The van der Waals surface area contributed by atoms with Gasteiger partial charge in [-0.15, -0.1) is 0 Å². The number of fused-ring (bicyclic) bond motifs is 2. The Kier molecular flexibility index (Phi) is 4.76. The molecule has 1 aromatic carbocycles. The normalized spacial score (nSPS) is 26.8. The first-order chi connectivity index (χ1) is 10.3. The van der Waals surface area contributed by atoms with Gasteiger partial charge in [-0.3, -0.25) is 0 Å². The number of aliphatic hydroxyl groups excluding tert-OH is 1. The van der Waals surface area contributed by atoms with Crippen LogP contribution in [0, 0.1) is 11.8 Å². The zero-order chi connectivity index (χ0) is 14.7. The Balaban J connectivity index is 1.59. The molecule has 0 saturated heterocycles. The van der Waals surface area contributed by atoms with E-state index in [1.807, 2.05) is 18.2 Å². The summed E-state index contributed by atoms with van der Waals surface area (Å²) in [6, 6.07) is 10.9. The highest BCUT2D eigenvalue weighted by atomic mass is 32.1. The minimum atomic E-state index is 0.130. The van der Waals surface area contributed by atoms with Gasteiger partial charge in [-0.25, -0.2) is 0 Å². The fourth-order valence-corrected chi connectivity index (χ4v) is 4.16. The molecule has 0 radical (unpaired) electrons. The lowest BCUT2D eigenvalue weighted by Crippen LogP contribution is -2.47. The largest absolute Gasteiger partial charge is 0.395 e. The molecule has 3 nitrogen and oxygen atoms in total. The van der Waals surface area contributed by atoms with Crippen molar-refractivity contribution in [2.45, 2.75) is 38.3 Å². The first-order valence-corrected chi connectivity index (χ1v) is 8.37. The van der Waals surface area contributed by atoms with Gasteiger partial charge in [0.1, 0.15) is 0 Å². The Labute approximate surface area is 132 Å². The molecule has 0 aliphatic heterocycles. The van der Waals surface area contributed by atoms with E-state index in [2.05, 4.69) is 22.3 Å². The Hall–Kier alpha value is -1.13. The Morgan fingerprint density at radius 3 is 2.67 bits per heavy atom. The van der Waals surface area contributed by atoms with E-state index in [4.69, 9.17) is 12.2 Å². The van der Waals surface area contributed by atoms with Crippen LogP contribution >= 0.6 is 12.2 Å². The molecule has 0 spiro atoms. The third-order valence-corrected chi connectivity index (χ3v) is 5.30. The molecule has 114 valence electrons. The standard InChI is InChI=1S/C17H24N2OS/c20-9-8-19(12-13-4-2-1-3-5-13)17(21)18-16-11-14-6-7-15(16)10-14/h1-5,14-16,20H,6-12H2,(H,18,21). The number of aliphatic hydroxyl groups is 1. The van der Waals surface area contributed by atoms with Crippen molar-refractivity contribution in [1.82, 2.24) is 10.2 Å². The van der Waals surface area contributed by atoms with Crippen molar-refractivity contribution < 1.29 is 5.11 Å². The molecule has 0 heterocycles. The first kappa shape index (κ1) is 14.8. The van der Waals surface area contributed by atoms with E-state index in [1.165, 1.54) is 31.2 Å². The number of nitrogens with zero attached hydrogens (tertiary/aromatic N) is 1. The van der Waals surface area contributed by atoms with Crippen LogP contribution in [-0.2, 0) is 6.54 Å². The minimum absolute atomic E-state index is 0.130. The van der Waals surface area contributed by atoms with Crippen molar-refractivity contribution >= 4 is 17.3 Å². The van der Waals surface area contributed by atoms with Crippen molar-refractivity contribution in [2.75, 3.05) is 13.2 Å². The number of rotatable bonds is 5. The summed E-state index contributed by atoms with van der Waals surface area (Å²) < 4.78 is 0. The van der Waals surface area contributed by atoms with Gasteiger partial charge in [-0.1, -0.05) is 36.8 Å². The van der Waals surface area contributed by atoms with Gasteiger partial charge >= 0.3 is 0 Å². The van der Waals surface area contributed by atoms with Crippen molar-refractivity contribution in [3.05, 3.63) is 35.9 Å². The van der Waals surface area contributed by atoms with Crippen LogP contribution in [0.25, 0.3) is 0 Å². The molecule has 4 heteroatoms. The smallest absolute Gasteiger partial charge is 0.169 e. The lowest BCUT2D eigenvalue weighted by Gasteiger charge is -2.30. The molecule has 3 atom stereocenters. The predicted molar refractivity (Wildman–Crippen MR) is 88.9 cm³/mol. The van der Waals surface area contributed by atoms with E-state index in [9.17, 15) is 5.11 Å². The van der Waals surface area contributed by atoms with Crippen LogP contribution in [0.5, 0.6) is 0 Å². The third kappa shape index (κ3) is 3.55. The number of nitrogens with one attached hydrogen (secondary N) is 1. The molecule has 3 unspecified atom stereocenters. The van der Waals surface area contributed by atoms with Crippen LogP contribution in [0.15, 0.2) is 30.3 Å². The summed E-state index contributed by atoms with van der Waals surface area (Å²) >= 11 is 5.60. The molecule has 2 aliphatic carbocycles. The number of hydrogen-bond donors (Lipinski definition) is 2. The van der Waals surface area contributed by atoms with Crippen molar-refractivity contribution in [3.63, 3.8) is 0 Å². The van der Waals surface area contributed by atoms with Gasteiger partial charge in [0.25, 0.3) is 0 Å². The maximum Gasteiger partial charge on any atom is 0.169 e. The third-order valence-electron chi connectivity index (χ3n) is 4.92. The predicted octanol–water partition coefficient (Wildman–Crippen LogP) is 2.54. The van der Waals surface area contributed by atoms with Crippen LogP contribution < -0.4 is 5.32 Å². The van der Waals surface area contributed by atoms with Crippen molar-refractivity contribution in [2.24, 2.45) is 11.8 Å². The summed E-state index contributed by atoms with van der Waals surface area (Å²) in [5.41, 5.74) is 1.23. The topological polar surface area (TPSA) is 35.5 Å². The summed E-state index contributed by atoms with van der Waals surface area (Å²) in [5, 5.41) is 13.7. The highest BCUT2D eigenvalue weighted by molar-refractivity contribution is 7.80. The molecule has 2 saturated carbocycles. The van der Waals surface area contributed by atoms with E-state index in [-0.39, 0.29) is 6.61 Å². The molecular formula is C17H24N2OS. The fraction of sp³-hybridized carbons (Fsp3) is 0.588. The van der Waals surface area contributed by atoms with E-state index in [0.29, 0.717) is 12.6 Å². The molecule has 1 aromatic rings. The number of hydrogen-bond acceptors (Lipinski definition) is 2. The lowest BCUT2D eigenvalue weighted by atomic mass is 9.95. The van der Waals surface area contributed by atoms with Crippen LogP contribution in [0.4, 0.5) is 0 Å². The van der Waals surface area contributed by atoms with Gasteiger partial charge in [0.2, 0.25) is 0 Å². The van der Waals surface area contributed by atoms with Gasteiger partial charge in [0, 0.05) is 19.1 Å². The van der Waals surface area contributed by atoms with E-state index < -0.39 is 0 Å². The van der Waals surface area contributed by atoms with Gasteiger partial charge in [-0.05, 0) is 48.9 Å². The van der Waals surface area contributed by atoms with Crippen molar-refractivity contribution in [1.29, 1.82) is 0 Å². The average molecular weight is 304 g/mol.